The Morgan fingerprint density at radius 2 is 1.55 bits per heavy atom. The first-order valence-electron chi connectivity index (χ1n) is 10.5. The van der Waals surface area contributed by atoms with Gasteiger partial charge in [0, 0.05) is 25.3 Å². The van der Waals surface area contributed by atoms with Gasteiger partial charge in [0.25, 0.3) is 5.78 Å². The molecule has 0 bridgehead atoms. The molecule has 1 atom stereocenters. The van der Waals surface area contributed by atoms with Gasteiger partial charge in [0.1, 0.15) is 11.5 Å². The van der Waals surface area contributed by atoms with Gasteiger partial charge in [-0.1, -0.05) is 30.3 Å². The molecule has 162 valence electrons. The number of fused-ring (bicyclic) bond motifs is 1. The fourth-order valence-corrected chi connectivity index (χ4v) is 4.06. The maximum atomic E-state index is 13.3. The number of hydrogen-bond donors (Lipinski definition) is 1. The number of rotatable bonds is 2. The number of aryl methyl sites for hydroxylation is 1. The molecule has 0 spiro atoms. The van der Waals surface area contributed by atoms with Crippen LogP contribution in [-0.4, -0.2) is 35.3 Å². The Hall–Kier alpha value is -3.28. The average Bonchev–Trinajstić information content (AvgIpc) is 2.77. The Balaban J connectivity index is 1.99. The van der Waals surface area contributed by atoms with Crippen molar-refractivity contribution in [2.75, 3.05) is 7.11 Å². The molecule has 1 aliphatic carbocycles. The highest BCUT2D eigenvalue weighted by molar-refractivity contribution is 6.63. The van der Waals surface area contributed by atoms with Crippen molar-refractivity contribution in [2.45, 2.75) is 50.9 Å². The van der Waals surface area contributed by atoms with Gasteiger partial charge in [0.05, 0.1) is 12.7 Å². The third kappa shape index (κ3) is 5.45. The van der Waals surface area contributed by atoms with Crippen LogP contribution in [0.15, 0.2) is 42.5 Å². The van der Waals surface area contributed by atoms with Gasteiger partial charge >= 0.3 is 0 Å². The van der Waals surface area contributed by atoms with Crippen LogP contribution in [0.4, 0.5) is 0 Å². The highest BCUT2D eigenvalue weighted by atomic mass is 16.5. The van der Waals surface area contributed by atoms with Gasteiger partial charge < -0.3 is 9.84 Å². The van der Waals surface area contributed by atoms with Crippen molar-refractivity contribution in [3.05, 3.63) is 59.2 Å². The molecule has 6 nitrogen and oxygen atoms in total. The van der Waals surface area contributed by atoms with Gasteiger partial charge in [-0.25, -0.2) is 0 Å². The van der Waals surface area contributed by atoms with Gasteiger partial charge in [0.15, 0.2) is 5.78 Å². The molecule has 1 N–H and O–H groups in total. The normalized spacial score (nSPS) is 18.9. The summed E-state index contributed by atoms with van der Waals surface area (Å²) in [6, 6.07) is 12.6. The second kappa shape index (κ2) is 10.2. The van der Waals surface area contributed by atoms with Crippen molar-refractivity contribution >= 4 is 23.1 Å². The molecular weight excluding hydrogens is 396 g/mol. The van der Waals surface area contributed by atoms with Gasteiger partial charge in [-0.15, -0.1) is 0 Å². The summed E-state index contributed by atoms with van der Waals surface area (Å²) < 4.78 is 5.21. The van der Waals surface area contributed by atoms with E-state index in [0.29, 0.717) is 30.6 Å². The zero-order valence-corrected chi connectivity index (χ0v) is 17.6. The number of aromatic hydroxyl groups is 1. The monoisotopic (exact) mass is 422 g/mol. The number of ether oxygens (including phenoxy) is 1. The van der Waals surface area contributed by atoms with E-state index in [2.05, 4.69) is 0 Å². The Labute approximate surface area is 181 Å². The Bertz CT molecular complexity index is 993. The van der Waals surface area contributed by atoms with E-state index in [4.69, 9.17) is 4.74 Å². The minimum Gasteiger partial charge on any atom is -0.507 e. The third-order valence-electron chi connectivity index (χ3n) is 5.70. The summed E-state index contributed by atoms with van der Waals surface area (Å²) in [7, 11) is 1.46. The molecular formula is C25H26O6. The summed E-state index contributed by atoms with van der Waals surface area (Å²) in [5.74, 6) is -2.45. The van der Waals surface area contributed by atoms with E-state index in [-0.39, 0.29) is 48.7 Å². The van der Waals surface area contributed by atoms with Crippen molar-refractivity contribution in [1.82, 2.24) is 0 Å². The lowest BCUT2D eigenvalue weighted by molar-refractivity contribution is -0.144. The number of phenols is 1. The predicted molar refractivity (Wildman–Crippen MR) is 115 cm³/mol. The van der Waals surface area contributed by atoms with Crippen LogP contribution in [0.5, 0.6) is 11.5 Å². The molecule has 2 aromatic carbocycles. The molecule has 0 fully saturated rings. The molecule has 0 saturated heterocycles. The van der Waals surface area contributed by atoms with E-state index in [9.17, 15) is 24.3 Å². The summed E-state index contributed by atoms with van der Waals surface area (Å²) >= 11 is 0. The Morgan fingerprint density at radius 1 is 0.871 bits per heavy atom. The molecule has 1 aliphatic rings. The van der Waals surface area contributed by atoms with Crippen LogP contribution in [0.2, 0.25) is 0 Å². The maximum absolute atomic E-state index is 13.3. The molecule has 0 heterocycles. The summed E-state index contributed by atoms with van der Waals surface area (Å²) in [5.41, 5.74) is 1.75. The van der Waals surface area contributed by atoms with Crippen molar-refractivity contribution < 1.29 is 29.0 Å². The molecule has 1 unspecified atom stereocenters. The Morgan fingerprint density at radius 3 is 2.23 bits per heavy atom. The molecule has 3 rings (SSSR count). The topological polar surface area (TPSA) is 97.7 Å². The summed E-state index contributed by atoms with van der Waals surface area (Å²) in [4.78, 5) is 49.7. The molecule has 0 amide bonds. The second-order valence-electron chi connectivity index (χ2n) is 7.84. The lowest BCUT2D eigenvalue weighted by Gasteiger charge is -2.19. The van der Waals surface area contributed by atoms with Gasteiger partial charge in [-0.05, 0) is 48.8 Å². The number of benzene rings is 2. The van der Waals surface area contributed by atoms with E-state index in [1.807, 2.05) is 30.3 Å². The number of ketones is 4. The number of hydrogen-bond acceptors (Lipinski definition) is 6. The van der Waals surface area contributed by atoms with Crippen molar-refractivity contribution in [3.8, 4) is 11.5 Å². The molecule has 2 aromatic rings. The highest BCUT2D eigenvalue weighted by Crippen LogP contribution is 2.34. The fraction of sp³-hybridized carbons (Fsp3) is 0.360. The minimum absolute atomic E-state index is 0.0128. The summed E-state index contributed by atoms with van der Waals surface area (Å²) in [6.07, 6.45) is 1.56. The van der Waals surface area contributed by atoms with E-state index in [0.717, 1.165) is 5.56 Å². The number of phenolic OH excluding ortho intramolecular Hbond substituents is 1. The number of Topliss-reactive ketones (excluding diaryl/α,β-unsaturated/α-hetero) is 4. The molecule has 0 radical (unpaired) electrons. The number of methoxy groups -OCH3 is 1. The molecule has 0 saturated carbocycles. The van der Waals surface area contributed by atoms with Crippen molar-refractivity contribution in [3.63, 3.8) is 0 Å². The van der Waals surface area contributed by atoms with Gasteiger partial charge in [0.2, 0.25) is 11.6 Å². The number of carbonyl (C=O) groups is 4. The lowest BCUT2D eigenvalue weighted by Crippen LogP contribution is -2.24. The molecule has 31 heavy (non-hydrogen) atoms. The third-order valence-corrected chi connectivity index (χ3v) is 5.70. The number of carbonyl (C=O) groups excluding carboxylic acids is 4. The van der Waals surface area contributed by atoms with Crippen LogP contribution in [0.25, 0.3) is 0 Å². The summed E-state index contributed by atoms with van der Waals surface area (Å²) in [6.45, 7) is 0. The average molecular weight is 422 g/mol. The first-order chi connectivity index (χ1) is 14.9. The van der Waals surface area contributed by atoms with E-state index >= 15 is 0 Å². The van der Waals surface area contributed by atoms with Crippen molar-refractivity contribution in [2.24, 2.45) is 0 Å². The van der Waals surface area contributed by atoms with Gasteiger partial charge in [-0.2, -0.15) is 0 Å². The SMILES string of the molecule is COc1cc(O)c2c(c1)CCCC(=O)C(=O)C(=O)CCCC(c1ccccc1)CC2=O. The largest absolute Gasteiger partial charge is 0.507 e. The van der Waals surface area contributed by atoms with E-state index in [1.54, 1.807) is 6.07 Å². The molecule has 0 aromatic heterocycles. The minimum atomic E-state index is -0.946. The molecule has 6 heteroatoms. The van der Waals surface area contributed by atoms with E-state index in [1.165, 1.54) is 13.2 Å². The standard InChI is InChI=1S/C25H26O6/c1-31-19-13-18-10-6-12-21(27)25(30)20(26)11-5-9-17(16-7-3-2-4-8-16)14-22(28)24(18)23(29)15-19/h2-4,7-8,13,15,17,29H,5-6,9-12,14H2,1H3. The zero-order valence-electron chi connectivity index (χ0n) is 17.6. The molecule has 0 aliphatic heterocycles. The van der Waals surface area contributed by atoms with Crippen LogP contribution in [0, 0.1) is 0 Å². The van der Waals surface area contributed by atoms with Gasteiger partial charge in [-0.3, -0.25) is 19.2 Å². The second-order valence-corrected chi connectivity index (χ2v) is 7.84. The van der Waals surface area contributed by atoms with Crippen LogP contribution in [0.1, 0.15) is 65.9 Å². The first-order valence-corrected chi connectivity index (χ1v) is 10.5. The summed E-state index contributed by atoms with van der Waals surface area (Å²) in [5, 5.41) is 10.6. The maximum Gasteiger partial charge on any atom is 0.264 e. The predicted octanol–water partition coefficient (Wildman–Crippen LogP) is 3.97. The van der Waals surface area contributed by atoms with Crippen molar-refractivity contribution in [1.29, 1.82) is 0 Å². The smallest absolute Gasteiger partial charge is 0.264 e. The Kier molecular flexibility index (Phi) is 7.34. The van der Waals surface area contributed by atoms with Crippen LogP contribution < -0.4 is 4.74 Å². The van der Waals surface area contributed by atoms with Crippen LogP contribution in [0.3, 0.4) is 0 Å². The van der Waals surface area contributed by atoms with E-state index < -0.39 is 17.3 Å². The highest BCUT2D eigenvalue weighted by Gasteiger charge is 2.26. The first kappa shape index (κ1) is 22.4. The van der Waals surface area contributed by atoms with Crippen LogP contribution >= 0.6 is 0 Å². The zero-order chi connectivity index (χ0) is 22.4. The fourth-order valence-electron chi connectivity index (χ4n) is 4.06. The quantitative estimate of drug-likeness (QED) is 0.736. The lowest BCUT2D eigenvalue weighted by atomic mass is 9.85. The van der Waals surface area contributed by atoms with Crippen LogP contribution in [-0.2, 0) is 20.8 Å².